The van der Waals surface area contributed by atoms with Gasteiger partial charge in [0.25, 0.3) is 0 Å². The summed E-state index contributed by atoms with van der Waals surface area (Å²) >= 11 is 0. The van der Waals surface area contributed by atoms with Crippen molar-refractivity contribution in [3.63, 3.8) is 0 Å². The Hall–Kier alpha value is -1.12. The molecule has 0 amide bonds. The Morgan fingerprint density at radius 3 is 2.65 bits per heavy atom. The third-order valence-corrected chi connectivity index (χ3v) is 5.61. The van der Waals surface area contributed by atoms with Crippen LogP contribution in [0.1, 0.15) is 36.7 Å². The first-order valence-corrected chi connectivity index (χ1v) is 7.05. The van der Waals surface area contributed by atoms with Crippen molar-refractivity contribution in [2.75, 3.05) is 6.61 Å². The zero-order valence-electron chi connectivity index (χ0n) is 10.1. The molecule has 0 bridgehead atoms. The lowest BCUT2D eigenvalue weighted by Gasteiger charge is -2.37. The van der Waals surface area contributed by atoms with Gasteiger partial charge in [-0.3, -0.25) is 4.52 Å². The molecule has 4 nitrogen and oxygen atoms in total. The van der Waals surface area contributed by atoms with Gasteiger partial charge in [-0.2, -0.15) is 0 Å². The number of benzene rings is 1. The lowest BCUT2D eigenvalue weighted by molar-refractivity contribution is 0.0665. The van der Waals surface area contributed by atoms with Crippen LogP contribution in [0, 0.1) is 0 Å². The molecule has 1 atom stereocenters. The van der Waals surface area contributed by atoms with Crippen LogP contribution in [-0.2, 0) is 18.8 Å². The average Bonchev–Trinajstić information content (AvgIpc) is 2.27. The van der Waals surface area contributed by atoms with E-state index in [9.17, 15) is 9.36 Å². The number of carbonyl (C=O) groups excluding carboxylic acids is 1. The van der Waals surface area contributed by atoms with Gasteiger partial charge in [0.2, 0.25) is 0 Å². The van der Waals surface area contributed by atoms with Crippen molar-refractivity contribution in [3.05, 3.63) is 35.4 Å². The van der Waals surface area contributed by atoms with Crippen LogP contribution in [0.25, 0.3) is 0 Å². The number of hydrogen-bond donors (Lipinski definition) is 0. The smallest absolute Gasteiger partial charge is 0.387 e. The molecule has 0 unspecified atom stereocenters. The number of hydrogen-bond acceptors (Lipinski definition) is 4. The van der Waals surface area contributed by atoms with Gasteiger partial charge >= 0.3 is 13.6 Å². The van der Waals surface area contributed by atoms with E-state index in [0.717, 1.165) is 0 Å². The highest BCUT2D eigenvalue weighted by molar-refractivity contribution is 7.55. The van der Waals surface area contributed by atoms with E-state index in [1.165, 1.54) is 0 Å². The number of rotatable bonds is 2. The first kappa shape index (κ1) is 12.3. The molecule has 5 heteroatoms. The van der Waals surface area contributed by atoms with Crippen molar-refractivity contribution in [1.82, 2.24) is 0 Å². The lowest BCUT2D eigenvalue weighted by Crippen LogP contribution is -2.30. The van der Waals surface area contributed by atoms with Crippen LogP contribution in [-0.4, -0.2) is 12.6 Å². The SMILES string of the molecule is CCO[P@@]1(=O)OC(=O)c2ccccc2C1(C)C. The van der Waals surface area contributed by atoms with Gasteiger partial charge in [-0.15, -0.1) is 0 Å². The summed E-state index contributed by atoms with van der Waals surface area (Å²) in [6, 6.07) is 7.04. The molecule has 2 rings (SSSR count). The van der Waals surface area contributed by atoms with Crippen molar-refractivity contribution >= 4 is 13.6 Å². The fourth-order valence-corrected chi connectivity index (χ4v) is 3.72. The van der Waals surface area contributed by atoms with Gasteiger partial charge in [-0.1, -0.05) is 18.2 Å². The highest BCUT2D eigenvalue weighted by atomic mass is 31.2. The van der Waals surface area contributed by atoms with E-state index in [1.807, 2.05) is 6.07 Å². The summed E-state index contributed by atoms with van der Waals surface area (Å²) in [5.41, 5.74) is 1.18. The van der Waals surface area contributed by atoms with Crippen molar-refractivity contribution < 1.29 is 18.4 Å². The summed E-state index contributed by atoms with van der Waals surface area (Å²) in [5, 5.41) is -0.812. The minimum absolute atomic E-state index is 0.246. The van der Waals surface area contributed by atoms with Crippen molar-refractivity contribution in [2.45, 2.75) is 25.9 Å². The molecule has 0 aliphatic carbocycles. The molecule has 17 heavy (non-hydrogen) atoms. The summed E-state index contributed by atoms with van der Waals surface area (Å²) < 4.78 is 22.9. The van der Waals surface area contributed by atoms with Crippen LogP contribution in [0.3, 0.4) is 0 Å². The van der Waals surface area contributed by atoms with Gasteiger partial charge in [0.15, 0.2) is 0 Å². The monoisotopic (exact) mass is 254 g/mol. The summed E-state index contributed by atoms with van der Waals surface area (Å²) in [7, 11) is -3.45. The first-order chi connectivity index (χ1) is 7.92. The maximum absolute atomic E-state index is 12.6. The summed E-state index contributed by atoms with van der Waals surface area (Å²) in [6.45, 7) is 5.52. The van der Waals surface area contributed by atoms with Crippen LogP contribution < -0.4 is 0 Å². The van der Waals surface area contributed by atoms with Crippen LogP contribution in [0.5, 0.6) is 0 Å². The third-order valence-electron chi connectivity index (χ3n) is 2.99. The van der Waals surface area contributed by atoms with Crippen molar-refractivity contribution in [3.8, 4) is 0 Å². The molecule has 1 aromatic carbocycles. The first-order valence-electron chi connectivity index (χ1n) is 5.50. The molecular formula is C12H15O4P. The fraction of sp³-hybridized carbons (Fsp3) is 0.417. The van der Waals surface area contributed by atoms with Crippen LogP contribution in [0.15, 0.2) is 24.3 Å². The summed E-state index contributed by atoms with van der Waals surface area (Å²) in [5.74, 6) is -0.572. The van der Waals surface area contributed by atoms with Crippen LogP contribution in [0.4, 0.5) is 0 Å². The normalized spacial score (nSPS) is 26.2. The summed E-state index contributed by atoms with van der Waals surface area (Å²) in [4.78, 5) is 11.8. The Morgan fingerprint density at radius 2 is 2.00 bits per heavy atom. The van der Waals surface area contributed by atoms with E-state index >= 15 is 0 Å². The maximum Gasteiger partial charge on any atom is 0.391 e. The molecule has 1 aliphatic rings. The van der Waals surface area contributed by atoms with E-state index in [1.54, 1.807) is 39.0 Å². The van der Waals surface area contributed by atoms with E-state index in [-0.39, 0.29) is 6.61 Å². The van der Waals surface area contributed by atoms with Gasteiger partial charge in [-0.05, 0) is 32.4 Å². The second-order valence-corrected chi connectivity index (χ2v) is 6.95. The number of carbonyl (C=O) groups is 1. The Bertz CT molecular complexity index is 507. The zero-order valence-corrected chi connectivity index (χ0v) is 11.0. The molecule has 0 N–H and O–H groups in total. The van der Waals surface area contributed by atoms with Gasteiger partial charge in [0.1, 0.15) is 5.16 Å². The third kappa shape index (κ3) is 1.72. The largest absolute Gasteiger partial charge is 0.391 e. The second kappa shape index (κ2) is 3.97. The molecule has 1 aromatic rings. The minimum Gasteiger partial charge on any atom is -0.387 e. The van der Waals surface area contributed by atoms with Crippen LogP contribution in [0.2, 0.25) is 0 Å². The second-order valence-electron chi connectivity index (χ2n) is 4.40. The van der Waals surface area contributed by atoms with E-state index in [0.29, 0.717) is 11.1 Å². The molecule has 0 saturated carbocycles. The number of fused-ring (bicyclic) bond motifs is 1. The molecular weight excluding hydrogens is 239 g/mol. The minimum atomic E-state index is -3.45. The Morgan fingerprint density at radius 1 is 1.35 bits per heavy atom. The standard InChI is InChI=1S/C12H15O4P/c1-4-15-17(14)12(2,3)10-8-6-5-7-9(10)11(13)16-17/h5-8H,4H2,1-3H3/t17-/m1/s1. The van der Waals surface area contributed by atoms with E-state index < -0.39 is 18.7 Å². The average molecular weight is 254 g/mol. The zero-order chi connectivity index (χ0) is 12.7. The Kier molecular flexibility index (Phi) is 2.88. The quantitative estimate of drug-likeness (QED) is 0.759. The highest BCUT2D eigenvalue weighted by Crippen LogP contribution is 2.67. The van der Waals surface area contributed by atoms with Gasteiger partial charge < -0.3 is 4.52 Å². The molecule has 0 spiro atoms. The Labute approximate surface area is 100 Å². The van der Waals surface area contributed by atoms with Crippen LogP contribution >= 0.6 is 7.60 Å². The van der Waals surface area contributed by atoms with E-state index in [2.05, 4.69) is 0 Å². The van der Waals surface area contributed by atoms with E-state index in [4.69, 9.17) is 9.05 Å². The van der Waals surface area contributed by atoms with Gasteiger partial charge in [0.05, 0.1) is 12.2 Å². The van der Waals surface area contributed by atoms with Gasteiger partial charge in [-0.25, -0.2) is 9.36 Å². The molecule has 92 valence electrons. The molecule has 0 saturated heterocycles. The summed E-state index contributed by atoms with van der Waals surface area (Å²) in [6.07, 6.45) is 0. The molecule has 1 aliphatic heterocycles. The topological polar surface area (TPSA) is 52.6 Å². The molecule has 1 heterocycles. The highest BCUT2D eigenvalue weighted by Gasteiger charge is 2.52. The Balaban J connectivity index is 2.62. The predicted molar refractivity (Wildman–Crippen MR) is 64.1 cm³/mol. The van der Waals surface area contributed by atoms with Crippen molar-refractivity contribution in [2.24, 2.45) is 0 Å². The maximum atomic E-state index is 12.6. The van der Waals surface area contributed by atoms with Gasteiger partial charge in [0, 0.05) is 0 Å². The predicted octanol–water partition coefficient (Wildman–Crippen LogP) is 3.32. The molecule has 0 radical (unpaired) electrons. The van der Waals surface area contributed by atoms with Crippen molar-refractivity contribution in [1.29, 1.82) is 0 Å². The fourth-order valence-electron chi connectivity index (χ4n) is 1.97. The molecule has 0 fully saturated rings. The molecule has 0 aromatic heterocycles. The lowest BCUT2D eigenvalue weighted by atomic mass is 9.96.